The van der Waals surface area contributed by atoms with Gasteiger partial charge in [-0.1, -0.05) is 22.9 Å². The second-order valence-electron chi connectivity index (χ2n) is 8.14. The van der Waals surface area contributed by atoms with Crippen LogP contribution < -0.4 is 0 Å². The van der Waals surface area contributed by atoms with Gasteiger partial charge in [0.25, 0.3) is 11.1 Å². The number of amides is 3. The van der Waals surface area contributed by atoms with Crippen LogP contribution in [0.25, 0.3) is 17.0 Å². The van der Waals surface area contributed by atoms with E-state index in [0.29, 0.717) is 11.4 Å². The maximum atomic E-state index is 13.0. The number of carbonyl (C=O) groups is 3. The van der Waals surface area contributed by atoms with Crippen molar-refractivity contribution in [3.05, 3.63) is 39.3 Å². The lowest BCUT2D eigenvalue weighted by atomic mass is 10.0. The van der Waals surface area contributed by atoms with E-state index < -0.39 is 0 Å². The molecule has 0 aliphatic carbocycles. The fraction of sp³-hybridized carbons (Fsp3) is 0.435. The molecule has 2 aliphatic heterocycles. The molecule has 6 nitrogen and oxygen atoms in total. The molecule has 3 heterocycles. The first-order valence-corrected chi connectivity index (χ1v) is 12.3. The predicted molar refractivity (Wildman–Crippen MR) is 128 cm³/mol. The van der Waals surface area contributed by atoms with E-state index >= 15 is 0 Å². The predicted octanol–water partition coefficient (Wildman–Crippen LogP) is 5.25. The normalized spacial score (nSPS) is 21.0. The Hall–Kier alpha value is -2.06. The Balaban J connectivity index is 1.67. The third kappa shape index (κ3) is 4.46. The second-order valence-corrected chi connectivity index (χ2v) is 10.0. The first-order valence-electron chi connectivity index (χ1n) is 10.7. The van der Waals surface area contributed by atoms with Crippen LogP contribution in [0.3, 0.4) is 0 Å². The smallest absolute Gasteiger partial charge is 0.293 e. The van der Waals surface area contributed by atoms with Crippen molar-refractivity contribution in [2.24, 2.45) is 0 Å². The topological polar surface area (TPSA) is 62.6 Å². The van der Waals surface area contributed by atoms with Crippen LogP contribution in [-0.4, -0.2) is 50.6 Å². The average Bonchev–Trinajstić information content (AvgIpc) is 3.20. The number of thioether (sulfide) groups is 1. The number of nitrogens with zero attached hydrogens (tertiary/aromatic N) is 3. The van der Waals surface area contributed by atoms with Crippen molar-refractivity contribution < 1.29 is 14.4 Å². The first-order chi connectivity index (χ1) is 14.9. The number of fused-ring (bicyclic) bond motifs is 1. The molecule has 3 amide bonds. The molecule has 4 rings (SSSR count). The molecular weight excluding hydrogens is 478 g/mol. The van der Waals surface area contributed by atoms with Crippen LogP contribution in [0.5, 0.6) is 0 Å². The van der Waals surface area contributed by atoms with E-state index in [1.165, 1.54) is 11.3 Å². The molecule has 8 heteroatoms. The molecule has 164 valence electrons. The summed E-state index contributed by atoms with van der Waals surface area (Å²) in [5.41, 5.74) is 1.76. The highest BCUT2D eigenvalue weighted by Crippen LogP contribution is 2.35. The van der Waals surface area contributed by atoms with Crippen molar-refractivity contribution >= 4 is 61.7 Å². The molecule has 2 aromatic rings. The number of hydrogen-bond acceptors (Lipinski definition) is 4. The van der Waals surface area contributed by atoms with Gasteiger partial charge in [0, 0.05) is 46.3 Å². The molecule has 0 radical (unpaired) electrons. The summed E-state index contributed by atoms with van der Waals surface area (Å²) < 4.78 is 2.87. The van der Waals surface area contributed by atoms with Gasteiger partial charge in [0.05, 0.1) is 4.91 Å². The van der Waals surface area contributed by atoms with Gasteiger partial charge >= 0.3 is 0 Å². The van der Waals surface area contributed by atoms with Crippen LogP contribution >= 0.6 is 27.7 Å². The molecule has 0 saturated carbocycles. The molecule has 0 spiro atoms. The number of likely N-dealkylation sites (tertiary alicyclic amines) is 1. The van der Waals surface area contributed by atoms with Gasteiger partial charge < -0.3 is 9.47 Å². The van der Waals surface area contributed by atoms with Crippen LogP contribution in [0.1, 0.15) is 45.1 Å². The van der Waals surface area contributed by atoms with E-state index in [1.807, 2.05) is 40.8 Å². The lowest BCUT2D eigenvalue weighted by molar-refractivity contribution is -0.135. The maximum Gasteiger partial charge on any atom is 0.293 e. The number of hydrogen-bond donors (Lipinski definition) is 0. The Morgan fingerprint density at radius 2 is 2.10 bits per heavy atom. The molecule has 2 aliphatic rings. The van der Waals surface area contributed by atoms with E-state index in [2.05, 4.69) is 22.9 Å². The maximum absolute atomic E-state index is 13.0. The minimum atomic E-state index is -0.244. The molecule has 31 heavy (non-hydrogen) atoms. The summed E-state index contributed by atoms with van der Waals surface area (Å²) in [7, 11) is 0. The third-order valence-electron chi connectivity index (χ3n) is 5.91. The number of halogens is 1. The zero-order chi connectivity index (χ0) is 22.1. The molecule has 2 saturated heterocycles. The summed E-state index contributed by atoms with van der Waals surface area (Å²) in [5.74, 6) is -0.132. The van der Waals surface area contributed by atoms with Gasteiger partial charge in [-0.25, -0.2) is 0 Å². The van der Waals surface area contributed by atoms with E-state index in [-0.39, 0.29) is 29.6 Å². The van der Waals surface area contributed by atoms with E-state index in [0.717, 1.165) is 58.5 Å². The number of aromatic nitrogens is 1. The molecule has 2 fully saturated rings. The molecular formula is C23H26BrN3O3S. The standard InChI is InChI=1S/C23H26BrN3O3S/c1-3-9-27-22(29)20(31-23(27)30)11-16-13-25(19-8-7-17(24)12-18(16)19)14-21(28)26-10-5-4-6-15(26)2/h7-8,11-13,15H,3-6,9-10,14H2,1-2H3/b20-11-/t15-/m1/s1. The molecule has 1 aromatic heterocycles. The highest BCUT2D eigenvalue weighted by atomic mass is 79.9. The van der Waals surface area contributed by atoms with Crippen molar-refractivity contribution in [3.63, 3.8) is 0 Å². The van der Waals surface area contributed by atoms with Gasteiger partial charge in [-0.2, -0.15) is 0 Å². The molecule has 1 aromatic carbocycles. The Labute approximate surface area is 194 Å². The minimum Gasteiger partial charge on any atom is -0.338 e. The number of rotatable bonds is 5. The summed E-state index contributed by atoms with van der Waals surface area (Å²) in [6, 6.07) is 6.18. The van der Waals surface area contributed by atoms with E-state index in [1.54, 1.807) is 6.08 Å². The van der Waals surface area contributed by atoms with Gasteiger partial charge in [0.1, 0.15) is 6.54 Å². The van der Waals surface area contributed by atoms with E-state index in [9.17, 15) is 14.4 Å². The zero-order valence-electron chi connectivity index (χ0n) is 17.8. The van der Waals surface area contributed by atoms with Gasteiger partial charge in [0.2, 0.25) is 5.91 Å². The molecule has 0 N–H and O–H groups in total. The van der Waals surface area contributed by atoms with Crippen LogP contribution in [0.4, 0.5) is 4.79 Å². The highest BCUT2D eigenvalue weighted by molar-refractivity contribution is 9.10. The van der Waals surface area contributed by atoms with E-state index in [4.69, 9.17) is 0 Å². The number of piperidine rings is 1. The quantitative estimate of drug-likeness (QED) is 0.522. The van der Waals surface area contributed by atoms with Crippen LogP contribution in [0, 0.1) is 0 Å². The Morgan fingerprint density at radius 1 is 1.29 bits per heavy atom. The Morgan fingerprint density at radius 3 is 2.84 bits per heavy atom. The summed E-state index contributed by atoms with van der Waals surface area (Å²) >= 11 is 4.50. The SMILES string of the molecule is CCCN1C(=O)S/C(=C\c2cn(CC(=O)N3CCCC[C@H]3C)c3ccc(Br)cc23)C1=O. The lowest BCUT2D eigenvalue weighted by Crippen LogP contribution is -2.43. The average molecular weight is 504 g/mol. The van der Waals surface area contributed by atoms with Crippen LogP contribution in [0.2, 0.25) is 0 Å². The number of benzene rings is 1. The molecule has 0 unspecified atom stereocenters. The van der Waals surface area contributed by atoms with Crippen molar-refractivity contribution in [3.8, 4) is 0 Å². The second kappa shape index (κ2) is 9.20. The van der Waals surface area contributed by atoms with Gasteiger partial charge in [-0.15, -0.1) is 0 Å². The fourth-order valence-corrected chi connectivity index (χ4v) is 5.52. The molecule has 0 bridgehead atoms. The van der Waals surface area contributed by atoms with Crippen molar-refractivity contribution in [1.29, 1.82) is 0 Å². The summed E-state index contributed by atoms with van der Waals surface area (Å²) in [6.45, 7) is 5.55. The monoisotopic (exact) mass is 503 g/mol. The van der Waals surface area contributed by atoms with Gasteiger partial charge in [0.15, 0.2) is 0 Å². The number of carbonyl (C=O) groups excluding carboxylic acids is 3. The van der Waals surface area contributed by atoms with Crippen molar-refractivity contribution in [2.75, 3.05) is 13.1 Å². The largest absolute Gasteiger partial charge is 0.338 e. The zero-order valence-corrected chi connectivity index (χ0v) is 20.2. The third-order valence-corrected chi connectivity index (χ3v) is 7.31. The minimum absolute atomic E-state index is 0.113. The summed E-state index contributed by atoms with van der Waals surface area (Å²) in [6.07, 6.45) is 7.69. The molecule has 1 atom stereocenters. The Bertz CT molecular complexity index is 1080. The van der Waals surface area contributed by atoms with Crippen molar-refractivity contribution in [2.45, 2.75) is 52.1 Å². The lowest BCUT2D eigenvalue weighted by Gasteiger charge is -2.33. The number of imide groups is 1. The summed E-state index contributed by atoms with van der Waals surface area (Å²) in [5, 5.41) is 0.716. The summed E-state index contributed by atoms with van der Waals surface area (Å²) in [4.78, 5) is 41.6. The Kier molecular flexibility index (Phi) is 6.57. The van der Waals surface area contributed by atoms with Crippen LogP contribution in [-0.2, 0) is 16.1 Å². The van der Waals surface area contributed by atoms with Gasteiger partial charge in [-0.05, 0) is 68.6 Å². The fourth-order valence-electron chi connectivity index (χ4n) is 4.31. The van der Waals surface area contributed by atoms with Crippen molar-refractivity contribution in [1.82, 2.24) is 14.4 Å². The van der Waals surface area contributed by atoms with Gasteiger partial charge in [-0.3, -0.25) is 19.3 Å². The first kappa shape index (κ1) is 22.1. The van der Waals surface area contributed by atoms with Crippen LogP contribution in [0.15, 0.2) is 33.8 Å². The highest BCUT2D eigenvalue weighted by Gasteiger charge is 2.34.